The number of H-pyrrole nitrogens is 1. The van der Waals surface area contributed by atoms with Crippen LogP contribution >= 0.6 is 0 Å². The molecule has 3 heterocycles. The lowest BCUT2D eigenvalue weighted by molar-refractivity contribution is 0.0493. The molecule has 3 rings (SSSR count). The first-order valence-electron chi connectivity index (χ1n) is 10.2. The number of nitrogens with zero attached hydrogens (tertiary/aromatic N) is 3. The zero-order valence-corrected chi connectivity index (χ0v) is 17.4. The molecule has 0 aliphatic heterocycles. The van der Waals surface area contributed by atoms with Crippen LogP contribution in [0.2, 0.25) is 0 Å². The second-order valence-corrected chi connectivity index (χ2v) is 6.77. The quantitative estimate of drug-likeness (QED) is 0.507. The molecule has 0 amide bonds. The second-order valence-electron chi connectivity index (χ2n) is 6.77. The molecule has 0 saturated heterocycles. The number of nitrogens with one attached hydrogen (secondary N) is 1. The molecule has 0 radical (unpaired) electrons. The molecule has 0 saturated carbocycles. The number of fused-ring (bicyclic) bond motifs is 1. The van der Waals surface area contributed by atoms with Gasteiger partial charge in [-0.05, 0) is 44.0 Å². The van der Waals surface area contributed by atoms with Gasteiger partial charge in [-0.3, -0.25) is 0 Å². The number of ether oxygens (including phenoxy) is 2. The minimum Gasteiger partial charge on any atom is -0.379 e. The van der Waals surface area contributed by atoms with Gasteiger partial charge in [0.15, 0.2) is 0 Å². The number of pyridine rings is 1. The summed E-state index contributed by atoms with van der Waals surface area (Å²) in [6, 6.07) is 4.23. The number of rotatable bonds is 11. The van der Waals surface area contributed by atoms with E-state index in [2.05, 4.69) is 33.3 Å². The SMILES string of the molecule is C=c1nc(CCc2cnc3[nH]ccc3c2)n(CCOCCOCC)c1=CC=CC. The summed E-state index contributed by atoms with van der Waals surface area (Å²) in [6.07, 6.45) is 11.6. The fraction of sp³-hybridized carbons (Fsp3) is 0.391. The molecule has 29 heavy (non-hydrogen) atoms. The number of allylic oxidation sites excluding steroid dienone is 2. The average Bonchev–Trinajstić information content (AvgIpc) is 3.31. The molecule has 0 aliphatic carbocycles. The van der Waals surface area contributed by atoms with Crippen molar-refractivity contribution in [3.8, 4) is 0 Å². The van der Waals surface area contributed by atoms with E-state index in [1.807, 2.05) is 44.5 Å². The first-order valence-corrected chi connectivity index (χ1v) is 10.2. The van der Waals surface area contributed by atoms with E-state index in [0.29, 0.717) is 26.4 Å². The van der Waals surface area contributed by atoms with Crippen molar-refractivity contribution < 1.29 is 9.47 Å². The van der Waals surface area contributed by atoms with Crippen molar-refractivity contribution in [2.24, 2.45) is 0 Å². The number of hydrogen-bond acceptors (Lipinski definition) is 4. The van der Waals surface area contributed by atoms with Crippen molar-refractivity contribution in [2.45, 2.75) is 33.2 Å². The number of aryl methyl sites for hydroxylation is 2. The Kier molecular flexibility index (Phi) is 7.78. The minimum atomic E-state index is 0.603. The highest BCUT2D eigenvalue weighted by Gasteiger charge is 2.08. The van der Waals surface area contributed by atoms with Crippen LogP contribution in [-0.4, -0.2) is 45.9 Å². The van der Waals surface area contributed by atoms with Crippen LogP contribution in [-0.2, 0) is 28.9 Å². The van der Waals surface area contributed by atoms with E-state index in [1.54, 1.807) is 0 Å². The van der Waals surface area contributed by atoms with Crippen molar-refractivity contribution >= 4 is 23.7 Å². The third-order valence-electron chi connectivity index (χ3n) is 4.74. The molecule has 0 aliphatic rings. The first-order chi connectivity index (χ1) is 14.2. The summed E-state index contributed by atoms with van der Waals surface area (Å²) in [7, 11) is 0. The van der Waals surface area contributed by atoms with Crippen LogP contribution in [0.25, 0.3) is 23.7 Å². The Morgan fingerprint density at radius 2 is 2.07 bits per heavy atom. The van der Waals surface area contributed by atoms with Gasteiger partial charge in [0.25, 0.3) is 0 Å². The maximum atomic E-state index is 5.73. The standard InChI is InChI=1S/C23H30N4O2/c1-4-6-7-21-18(3)26-22(27(21)12-13-29-15-14-28-5-2)9-8-19-16-20-10-11-24-23(20)25-17-19/h4,6-7,10-11,16-17H,3,5,8-9,12-15H2,1-2H3,(H,24,25). The highest BCUT2D eigenvalue weighted by atomic mass is 16.5. The molecule has 3 aromatic rings. The predicted octanol–water partition coefficient (Wildman–Crippen LogP) is 2.36. The predicted molar refractivity (Wildman–Crippen MR) is 117 cm³/mol. The van der Waals surface area contributed by atoms with Crippen LogP contribution in [0, 0.1) is 0 Å². The number of imidazole rings is 1. The van der Waals surface area contributed by atoms with E-state index >= 15 is 0 Å². The van der Waals surface area contributed by atoms with E-state index in [9.17, 15) is 0 Å². The Hall–Kier alpha value is -2.70. The molecule has 0 bridgehead atoms. The normalized spacial score (nSPS) is 12.6. The van der Waals surface area contributed by atoms with Crippen LogP contribution in [0.3, 0.4) is 0 Å². The van der Waals surface area contributed by atoms with Crippen LogP contribution in [0.1, 0.15) is 25.2 Å². The van der Waals surface area contributed by atoms with Crippen molar-refractivity contribution in [1.29, 1.82) is 0 Å². The molecule has 0 fully saturated rings. The lowest BCUT2D eigenvalue weighted by Crippen LogP contribution is -2.30. The van der Waals surface area contributed by atoms with Crippen LogP contribution in [0.5, 0.6) is 0 Å². The largest absolute Gasteiger partial charge is 0.379 e. The molecule has 0 atom stereocenters. The van der Waals surface area contributed by atoms with Crippen molar-refractivity contribution in [3.05, 3.63) is 58.8 Å². The van der Waals surface area contributed by atoms with Gasteiger partial charge in [0.2, 0.25) is 0 Å². The fourth-order valence-corrected chi connectivity index (χ4v) is 3.28. The van der Waals surface area contributed by atoms with Gasteiger partial charge in [-0.1, -0.05) is 18.7 Å². The van der Waals surface area contributed by atoms with Gasteiger partial charge in [-0.2, -0.15) is 0 Å². The van der Waals surface area contributed by atoms with E-state index in [4.69, 9.17) is 14.5 Å². The summed E-state index contributed by atoms with van der Waals surface area (Å²) < 4.78 is 13.3. The number of hydrogen-bond donors (Lipinski definition) is 1. The Morgan fingerprint density at radius 1 is 1.21 bits per heavy atom. The molecular formula is C23H30N4O2. The van der Waals surface area contributed by atoms with Crippen molar-refractivity contribution in [2.75, 3.05) is 26.4 Å². The van der Waals surface area contributed by atoms with E-state index in [0.717, 1.165) is 46.9 Å². The topological polar surface area (TPSA) is 65.0 Å². The zero-order valence-electron chi connectivity index (χ0n) is 17.4. The molecule has 0 unspecified atom stereocenters. The summed E-state index contributed by atoms with van der Waals surface area (Å²) in [5.41, 5.74) is 2.12. The molecule has 0 spiro atoms. The van der Waals surface area contributed by atoms with E-state index < -0.39 is 0 Å². The van der Waals surface area contributed by atoms with Crippen molar-refractivity contribution in [1.82, 2.24) is 19.5 Å². The zero-order chi connectivity index (χ0) is 20.5. The minimum absolute atomic E-state index is 0.603. The summed E-state index contributed by atoms with van der Waals surface area (Å²) in [5, 5.41) is 2.96. The maximum absolute atomic E-state index is 5.73. The second kappa shape index (κ2) is 10.7. The Balaban J connectivity index is 1.72. The van der Waals surface area contributed by atoms with Gasteiger partial charge in [0.05, 0.1) is 30.5 Å². The summed E-state index contributed by atoms with van der Waals surface area (Å²) >= 11 is 0. The van der Waals surface area contributed by atoms with Gasteiger partial charge < -0.3 is 19.0 Å². The number of aromatic nitrogens is 4. The van der Waals surface area contributed by atoms with Gasteiger partial charge in [0, 0.05) is 37.4 Å². The fourth-order valence-electron chi connectivity index (χ4n) is 3.28. The van der Waals surface area contributed by atoms with Gasteiger partial charge in [-0.25, -0.2) is 9.97 Å². The van der Waals surface area contributed by atoms with Gasteiger partial charge in [0.1, 0.15) is 11.5 Å². The molecule has 0 aromatic carbocycles. The Bertz CT molecular complexity index is 1050. The van der Waals surface area contributed by atoms with E-state index in [-0.39, 0.29) is 0 Å². The molecule has 6 nitrogen and oxygen atoms in total. The lowest BCUT2D eigenvalue weighted by atomic mass is 10.1. The third-order valence-corrected chi connectivity index (χ3v) is 4.74. The molecule has 3 aromatic heterocycles. The average molecular weight is 395 g/mol. The summed E-state index contributed by atoms with van der Waals surface area (Å²) in [5.74, 6) is 1.02. The Morgan fingerprint density at radius 3 is 2.90 bits per heavy atom. The van der Waals surface area contributed by atoms with E-state index in [1.165, 1.54) is 5.56 Å². The summed E-state index contributed by atoms with van der Waals surface area (Å²) in [6.45, 7) is 11.4. The highest BCUT2D eigenvalue weighted by molar-refractivity contribution is 5.75. The van der Waals surface area contributed by atoms with Crippen LogP contribution in [0.15, 0.2) is 36.7 Å². The highest BCUT2D eigenvalue weighted by Crippen LogP contribution is 2.12. The van der Waals surface area contributed by atoms with Crippen LogP contribution < -0.4 is 10.7 Å². The monoisotopic (exact) mass is 394 g/mol. The maximum Gasteiger partial charge on any atom is 0.137 e. The van der Waals surface area contributed by atoms with Gasteiger partial charge in [-0.15, -0.1) is 0 Å². The lowest BCUT2D eigenvalue weighted by Gasteiger charge is -2.10. The molecule has 1 N–H and O–H groups in total. The molecular weight excluding hydrogens is 364 g/mol. The Labute approximate surface area is 171 Å². The first kappa shape index (κ1) is 21.0. The molecule has 154 valence electrons. The summed E-state index contributed by atoms with van der Waals surface area (Å²) in [4.78, 5) is 12.4. The van der Waals surface area contributed by atoms with Crippen molar-refractivity contribution in [3.63, 3.8) is 0 Å². The van der Waals surface area contributed by atoms with Crippen LogP contribution in [0.4, 0.5) is 0 Å². The third kappa shape index (κ3) is 5.65. The smallest absolute Gasteiger partial charge is 0.137 e. The number of aromatic amines is 1. The molecule has 6 heteroatoms. The van der Waals surface area contributed by atoms with Gasteiger partial charge >= 0.3 is 0 Å².